The molecule has 0 bridgehead atoms. The van der Waals surface area contributed by atoms with Crippen LogP contribution < -0.4 is 0 Å². The van der Waals surface area contributed by atoms with Crippen LogP contribution in [0.15, 0.2) is 42.7 Å². The summed E-state index contributed by atoms with van der Waals surface area (Å²) in [6.45, 7) is 0.0106. The Bertz CT molecular complexity index is 937. The van der Waals surface area contributed by atoms with Crippen LogP contribution in [0.4, 0.5) is 4.39 Å². The van der Waals surface area contributed by atoms with Crippen LogP contribution in [-0.4, -0.2) is 31.9 Å². The minimum Gasteiger partial charge on any atom is -0.269 e. The molecule has 0 aliphatic carbocycles. The van der Waals surface area contributed by atoms with Gasteiger partial charge in [-0.3, -0.25) is 19.5 Å². The predicted octanol–water partition coefficient (Wildman–Crippen LogP) is 2.54. The molecule has 24 heavy (non-hydrogen) atoms. The molecule has 6 nitrogen and oxygen atoms in total. The first kappa shape index (κ1) is 14.6. The lowest BCUT2D eigenvalue weighted by Gasteiger charge is -2.10. The number of hydrogen-bond donors (Lipinski definition) is 0. The Morgan fingerprint density at radius 2 is 1.71 bits per heavy atom. The van der Waals surface area contributed by atoms with Crippen LogP contribution in [-0.2, 0) is 6.54 Å². The van der Waals surface area contributed by atoms with Gasteiger partial charge in [-0.1, -0.05) is 23.5 Å². The molecule has 3 aromatic rings. The summed E-state index contributed by atoms with van der Waals surface area (Å²) >= 11 is 1.13. The number of pyridine rings is 1. The summed E-state index contributed by atoms with van der Waals surface area (Å²) in [5.41, 5.74) is 1.05. The maximum absolute atomic E-state index is 13.8. The molecule has 1 aliphatic rings. The quantitative estimate of drug-likeness (QED) is 0.685. The molecule has 0 N–H and O–H groups in total. The van der Waals surface area contributed by atoms with Gasteiger partial charge in [-0.05, 0) is 18.2 Å². The topological polar surface area (TPSA) is 76.1 Å². The summed E-state index contributed by atoms with van der Waals surface area (Å²) < 4.78 is 13.8. The smallest absolute Gasteiger partial charge is 0.261 e. The Hall–Kier alpha value is -3.00. The lowest BCUT2D eigenvalue weighted by atomic mass is 10.1. The zero-order chi connectivity index (χ0) is 16.7. The van der Waals surface area contributed by atoms with E-state index in [0.717, 1.165) is 22.4 Å². The van der Waals surface area contributed by atoms with Crippen LogP contribution in [0.25, 0.3) is 10.6 Å². The number of halogens is 1. The molecule has 0 fully saturated rings. The summed E-state index contributed by atoms with van der Waals surface area (Å²) in [6.07, 6.45) is 2.56. The van der Waals surface area contributed by atoms with Crippen LogP contribution in [0.1, 0.15) is 25.7 Å². The van der Waals surface area contributed by atoms with Crippen molar-refractivity contribution in [2.24, 2.45) is 0 Å². The van der Waals surface area contributed by atoms with Gasteiger partial charge in [0.15, 0.2) is 10.8 Å². The van der Waals surface area contributed by atoms with Crippen molar-refractivity contribution >= 4 is 23.2 Å². The third kappa shape index (κ3) is 2.28. The minimum absolute atomic E-state index is 0.0106. The van der Waals surface area contributed by atoms with Gasteiger partial charge in [0.25, 0.3) is 11.8 Å². The Labute approximate surface area is 139 Å². The molecule has 118 valence electrons. The number of imide groups is 1. The van der Waals surface area contributed by atoms with Crippen molar-refractivity contribution < 1.29 is 14.0 Å². The molecule has 0 atom stereocenters. The lowest BCUT2D eigenvalue weighted by Crippen LogP contribution is -2.29. The summed E-state index contributed by atoms with van der Waals surface area (Å²) in [7, 11) is 0. The standard InChI is InChI=1S/C16H9FN4O2S/c17-12-7-18-6-5-11(12)14-20-19-13(24-14)8-21-15(22)9-3-1-2-4-10(9)16(21)23/h1-7H,8H2. The van der Waals surface area contributed by atoms with Gasteiger partial charge in [0, 0.05) is 6.20 Å². The second-order valence-electron chi connectivity index (χ2n) is 5.10. The Balaban J connectivity index is 1.61. The highest BCUT2D eigenvalue weighted by atomic mass is 32.1. The number of hydrogen-bond acceptors (Lipinski definition) is 6. The highest BCUT2D eigenvalue weighted by Crippen LogP contribution is 2.28. The number of carbonyl (C=O) groups is 2. The van der Waals surface area contributed by atoms with Crippen molar-refractivity contribution in [3.63, 3.8) is 0 Å². The second-order valence-corrected chi connectivity index (χ2v) is 6.16. The maximum Gasteiger partial charge on any atom is 0.261 e. The monoisotopic (exact) mass is 340 g/mol. The third-order valence-corrected chi connectivity index (χ3v) is 4.58. The third-order valence-electron chi connectivity index (χ3n) is 3.64. The van der Waals surface area contributed by atoms with Crippen LogP contribution in [0, 0.1) is 5.82 Å². The predicted molar refractivity (Wildman–Crippen MR) is 83.7 cm³/mol. The number of rotatable bonds is 3. The SMILES string of the molecule is O=C1c2ccccc2C(=O)N1Cc1nnc(-c2ccncc2F)s1. The van der Waals surface area contributed by atoms with E-state index in [1.54, 1.807) is 24.3 Å². The van der Waals surface area contributed by atoms with Crippen LogP contribution in [0.3, 0.4) is 0 Å². The molecule has 1 aliphatic heterocycles. The molecular weight excluding hydrogens is 331 g/mol. The zero-order valence-electron chi connectivity index (χ0n) is 12.1. The van der Waals surface area contributed by atoms with Crippen LogP contribution >= 0.6 is 11.3 Å². The van der Waals surface area contributed by atoms with Gasteiger partial charge in [0.1, 0.15) is 5.01 Å². The molecule has 0 spiro atoms. The zero-order valence-corrected chi connectivity index (χ0v) is 13.0. The summed E-state index contributed by atoms with van der Waals surface area (Å²) in [5.74, 6) is -1.22. The first-order valence-corrected chi connectivity index (χ1v) is 7.84. The summed E-state index contributed by atoms with van der Waals surface area (Å²) in [6, 6.07) is 8.16. The molecule has 8 heteroatoms. The van der Waals surface area contributed by atoms with Crippen molar-refractivity contribution in [3.8, 4) is 10.6 Å². The average molecular weight is 340 g/mol. The van der Waals surface area contributed by atoms with E-state index in [-0.39, 0.29) is 23.9 Å². The van der Waals surface area contributed by atoms with Gasteiger partial charge in [0.05, 0.1) is 29.4 Å². The van der Waals surface area contributed by atoms with E-state index in [1.165, 1.54) is 12.3 Å². The molecular formula is C16H9FN4O2S. The molecule has 0 saturated heterocycles. The molecule has 0 radical (unpaired) electrons. The second kappa shape index (κ2) is 5.57. The van der Waals surface area contributed by atoms with Crippen molar-refractivity contribution in [3.05, 3.63) is 64.7 Å². The largest absolute Gasteiger partial charge is 0.269 e. The van der Waals surface area contributed by atoms with E-state index < -0.39 is 5.82 Å². The molecule has 1 aromatic carbocycles. The fourth-order valence-corrected chi connectivity index (χ4v) is 3.35. The van der Waals surface area contributed by atoms with E-state index in [4.69, 9.17) is 0 Å². The number of aromatic nitrogens is 3. The Morgan fingerprint density at radius 3 is 2.38 bits per heavy atom. The summed E-state index contributed by atoms with van der Waals surface area (Å²) in [4.78, 5) is 29.5. The number of amides is 2. The van der Waals surface area contributed by atoms with E-state index >= 15 is 0 Å². The first-order valence-electron chi connectivity index (χ1n) is 7.02. The average Bonchev–Trinajstić information content (AvgIpc) is 3.15. The Kier molecular flexibility index (Phi) is 3.39. The van der Waals surface area contributed by atoms with Gasteiger partial charge in [-0.15, -0.1) is 10.2 Å². The summed E-state index contributed by atoms with van der Waals surface area (Å²) in [5, 5.41) is 8.73. The number of fused-ring (bicyclic) bond motifs is 1. The van der Waals surface area contributed by atoms with Gasteiger partial charge in [-0.25, -0.2) is 4.39 Å². The number of carbonyl (C=O) groups excluding carboxylic acids is 2. The number of benzene rings is 1. The molecule has 3 heterocycles. The fraction of sp³-hybridized carbons (Fsp3) is 0.0625. The Morgan fingerprint density at radius 1 is 1.00 bits per heavy atom. The maximum atomic E-state index is 13.8. The molecule has 4 rings (SSSR count). The van der Waals surface area contributed by atoms with E-state index in [1.807, 2.05) is 0 Å². The first-order chi connectivity index (χ1) is 11.6. The minimum atomic E-state index is -0.499. The van der Waals surface area contributed by atoms with Crippen molar-refractivity contribution in [1.82, 2.24) is 20.1 Å². The van der Waals surface area contributed by atoms with Crippen molar-refractivity contribution in [2.45, 2.75) is 6.54 Å². The fourth-order valence-electron chi connectivity index (χ4n) is 2.49. The molecule has 2 aromatic heterocycles. The normalized spacial score (nSPS) is 13.5. The van der Waals surface area contributed by atoms with Gasteiger partial charge in [0.2, 0.25) is 0 Å². The van der Waals surface area contributed by atoms with Crippen LogP contribution in [0.2, 0.25) is 0 Å². The highest BCUT2D eigenvalue weighted by Gasteiger charge is 2.35. The van der Waals surface area contributed by atoms with E-state index in [9.17, 15) is 14.0 Å². The van der Waals surface area contributed by atoms with Crippen LogP contribution in [0.5, 0.6) is 0 Å². The lowest BCUT2D eigenvalue weighted by molar-refractivity contribution is 0.0642. The van der Waals surface area contributed by atoms with E-state index in [2.05, 4.69) is 15.2 Å². The molecule has 0 unspecified atom stereocenters. The molecule has 2 amide bonds. The van der Waals surface area contributed by atoms with Gasteiger partial charge >= 0.3 is 0 Å². The molecule has 0 saturated carbocycles. The van der Waals surface area contributed by atoms with Gasteiger partial charge < -0.3 is 0 Å². The number of nitrogens with zero attached hydrogens (tertiary/aromatic N) is 4. The van der Waals surface area contributed by atoms with Crippen molar-refractivity contribution in [1.29, 1.82) is 0 Å². The van der Waals surface area contributed by atoms with Gasteiger partial charge in [-0.2, -0.15) is 0 Å². The van der Waals surface area contributed by atoms with E-state index in [0.29, 0.717) is 21.1 Å². The highest BCUT2D eigenvalue weighted by molar-refractivity contribution is 7.14. The van der Waals surface area contributed by atoms with Crippen molar-refractivity contribution in [2.75, 3.05) is 0 Å².